The Morgan fingerprint density at radius 2 is 1.65 bits per heavy atom. The highest BCUT2D eigenvalue weighted by Crippen LogP contribution is 2.02. The molecule has 0 saturated heterocycles. The Balaban J connectivity index is 2.27. The molecule has 106 valence electrons. The zero-order valence-corrected chi connectivity index (χ0v) is 11.1. The molecule has 1 rings (SSSR count). The van der Waals surface area contributed by atoms with E-state index in [1.807, 2.05) is 19.1 Å². The average Bonchev–Trinajstić information content (AvgIpc) is 2.42. The van der Waals surface area contributed by atoms with Crippen molar-refractivity contribution in [3.8, 4) is 0 Å². The van der Waals surface area contributed by atoms with E-state index in [1.54, 1.807) is 12.1 Å². The fourth-order valence-corrected chi connectivity index (χ4v) is 1.37. The van der Waals surface area contributed by atoms with Gasteiger partial charge in [0.2, 0.25) is 5.91 Å². The van der Waals surface area contributed by atoms with Gasteiger partial charge in [-0.15, -0.1) is 0 Å². The van der Waals surface area contributed by atoms with Gasteiger partial charge in [0.25, 0.3) is 5.91 Å². The van der Waals surface area contributed by atoms with Gasteiger partial charge in [-0.2, -0.15) is 0 Å². The standard InChI is InChI=1S/C14H16N2O4/c1-10-2-4-11(5-3-10)14(20)16-9-8-15-12(17)6-7-13(18)19/h2-7H,8-9H2,1H3,(H,15,17)(H,16,20)(H,18,19)/b7-6+. The quantitative estimate of drug-likeness (QED) is 0.520. The maximum atomic E-state index is 11.7. The van der Waals surface area contributed by atoms with Crippen LogP contribution in [0.15, 0.2) is 36.4 Å². The van der Waals surface area contributed by atoms with E-state index in [-0.39, 0.29) is 19.0 Å². The first-order valence-electron chi connectivity index (χ1n) is 6.03. The second-order valence-corrected chi connectivity index (χ2v) is 4.08. The number of hydrogen-bond donors (Lipinski definition) is 3. The van der Waals surface area contributed by atoms with Gasteiger partial charge in [0.15, 0.2) is 0 Å². The molecule has 0 saturated carbocycles. The summed E-state index contributed by atoms with van der Waals surface area (Å²) in [6.45, 7) is 2.42. The summed E-state index contributed by atoms with van der Waals surface area (Å²) in [6.07, 6.45) is 1.67. The number of carbonyl (C=O) groups is 3. The van der Waals surface area contributed by atoms with Gasteiger partial charge in [-0.05, 0) is 19.1 Å². The fraction of sp³-hybridized carbons (Fsp3) is 0.214. The van der Waals surface area contributed by atoms with E-state index < -0.39 is 11.9 Å². The van der Waals surface area contributed by atoms with E-state index in [0.717, 1.165) is 17.7 Å². The second-order valence-electron chi connectivity index (χ2n) is 4.08. The molecule has 2 amide bonds. The molecular formula is C14H16N2O4. The molecule has 0 unspecified atom stereocenters. The molecule has 0 fully saturated rings. The van der Waals surface area contributed by atoms with Gasteiger partial charge in [0.1, 0.15) is 0 Å². The number of carboxylic acid groups (broad SMARTS) is 1. The molecule has 3 N–H and O–H groups in total. The van der Waals surface area contributed by atoms with Crippen LogP contribution >= 0.6 is 0 Å². The summed E-state index contributed by atoms with van der Waals surface area (Å²) in [5.41, 5.74) is 1.62. The number of carbonyl (C=O) groups excluding carboxylic acids is 2. The lowest BCUT2D eigenvalue weighted by Crippen LogP contribution is -2.34. The van der Waals surface area contributed by atoms with E-state index in [2.05, 4.69) is 10.6 Å². The Morgan fingerprint density at radius 1 is 1.05 bits per heavy atom. The molecule has 0 radical (unpaired) electrons. The van der Waals surface area contributed by atoms with E-state index in [1.165, 1.54) is 0 Å². The average molecular weight is 276 g/mol. The first-order chi connectivity index (χ1) is 9.49. The smallest absolute Gasteiger partial charge is 0.328 e. The highest BCUT2D eigenvalue weighted by Gasteiger charge is 2.04. The molecule has 0 aliphatic heterocycles. The van der Waals surface area contributed by atoms with Crippen molar-refractivity contribution < 1.29 is 19.5 Å². The lowest BCUT2D eigenvalue weighted by atomic mass is 10.1. The van der Waals surface area contributed by atoms with E-state index in [9.17, 15) is 14.4 Å². The summed E-state index contributed by atoms with van der Waals surface area (Å²) in [5, 5.41) is 13.4. The summed E-state index contributed by atoms with van der Waals surface area (Å²) < 4.78 is 0. The molecule has 0 atom stereocenters. The SMILES string of the molecule is Cc1ccc(C(=O)NCCNC(=O)/C=C/C(=O)O)cc1. The molecular weight excluding hydrogens is 260 g/mol. The topological polar surface area (TPSA) is 95.5 Å². The summed E-state index contributed by atoms with van der Waals surface area (Å²) in [4.78, 5) is 33.0. The largest absolute Gasteiger partial charge is 0.478 e. The van der Waals surface area contributed by atoms with Crippen LogP contribution in [0, 0.1) is 6.92 Å². The monoisotopic (exact) mass is 276 g/mol. The first kappa shape index (κ1) is 15.4. The number of rotatable bonds is 6. The summed E-state index contributed by atoms with van der Waals surface area (Å²) in [6, 6.07) is 7.12. The zero-order chi connectivity index (χ0) is 15.0. The fourth-order valence-electron chi connectivity index (χ4n) is 1.37. The number of amides is 2. The van der Waals surface area contributed by atoms with Gasteiger partial charge in [0, 0.05) is 30.8 Å². The van der Waals surface area contributed by atoms with Crippen LogP contribution in [0.1, 0.15) is 15.9 Å². The minimum absolute atomic E-state index is 0.222. The molecule has 6 nitrogen and oxygen atoms in total. The van der Waals surface area contributed by atoms with Crippen LogP contribution in [0.3, 0.4) is 0 Å². The number of aliphatic carboxylic acids is 1. The first-order valence-corrected chi connectivity index (χ1v) is 6.03. The van der Waals surface area contributed by atoms with Gasteiger partial charge in [-0.3, -0.25) is 9.59 Å². The molecule has 0 aliphatic carbocycles. The Bertz CT molecular complexity index is 520. The van der Waals surface area contributed by atoms with Crippen LogP contribution in [0.5, 0.6) is 0 Å². The number of aryl methyl sites for hydroxylation is 1. The number of benzene rings is 1. The molecule has 0 aliphatic rings. The minimum atomic E-state index is -1.19. The second kappa shape index (κ2) is 7.73. The summed E-state index contributed by atoms with van der Waals surface area (Å²) in [7, 11) is 0. The predicted octanol–water partition coefficient (Wildman–Crippen LogP) is 0.482. The van der Waals surface area contributed by atoms with Crippen molar-refractivity contribution >= 4 is 17.8 Å². The van der Waals surface area contributed by atoms with Crippen LogP contribution in [-0.2, 0) is 9.59 Å². The van der Waals surface area contributed by atoms with Crippen molar-refractivity contribution in [2.75, 3.05) is 13.1 Å². The van der Waals surface area contributed by atoms with Crippen LogP contribution in [-0.4, -0.2) is 36.0 Å². The molecule has 0 heterocycles. The third-order valence-corrected chi connectivity index (χ3v) is 2.40. The number of carboxylic acids is 1. The molecule has 20 heavy (non-hydrogen) atoms. The van der Waals surface area contributed by atoms with Crippen molar-refractivity contribution in [3.63, 3.8) is 0 Å². The van der Waals surface area contributed by atoms with Gasteiger partial charge < -0.3 is 15.7 Å². The van der Waals surface area contributed by atoms with Crippen molar-refractivity contribution in [1.29, 1.82) is 0 Å². The highest BCUT2D eigenvalue weighted by molar-refractivity contribution is 5.95. The molecule has 1 aromatic carbocycles. The van der Waals surface area contributed by atoms with Crippen molar-refractivity contribution in [3.05, 3.63) is 47.5 Å². The lowest BCUT2D eigenvalue weighted by molar-refractivity contribution is -0.131. The maximum absolute atomic E-state index is 11.7. The third-order valence-electron chi connectivity index (χ3n) is 2.40. The Kier molecular flexibility index (Phi) is 5.96. The van der Waals surface area contributed by atoms with Crippen LogP contribution in [0.25, 0.3) is 0 Å². The normalized spacial score (nSPS) is 10.2. The van der Waals surface area contributed by atoms with Gasteiger partial charge in [-0.25, -0.2) is 4.79 Å². The Labute approximate surface area is 116 Å². The Hall–Kier alpha value is -2.63. The van der Waals surface area contributed by atoms with E-state index in [0.29, 0.717) is 5.56 Å². The zero-order valence-electron chi connectivity index (χ0n) is 11.1. The molecule has 1 aromatic rings. The summed E-state index contributed by atoms with van der Waals surface area (Å²) in [5.74, 6) is -1.93. The van der Waals surface area contributed by atoms with Crippen molar-refractivity contribution in [1.82, 2.24) is 10.6 Å². The third kappa shape index (κ3) is 5.81. The minimum Gasteiger partial charge on any atom is -0.478 e. The molecule has 0 aromatic heterocycles. The maximum Gasteiger partial charge on any atom is 0.328 e. The predicted molar refractivity (Wildman–Crippen MR) is 73.3 cm³/mol. The van der Waals surface area contributed by atoms with Gasteiger partial charge >= 0.3 is 5.97 Å². The Morgan fingerprint density at radius 3 is 2.25 bits per heavy atom. The van der Waals surface area contributed by atoms with Gasteiger partial charge in [-0.1, -0.05) is 17.7 Å². The molecule has 6 heteroatoms. The summed E-state index contributed by atoms with van der Waals surface area (Å²) >= 11 is 0. The lowest BCUT2D eigenvalue weighted by Gasteiger charge is -2.06. The van der Waals surface area contributed by atoms with Crippen LogP contribution in [0.2, 0.25) is 0 Å². The van der Waals surface area contributed by atoms with Crippen LogP contribution in [0.4, 0.5) is 0 Å². The number of hydrogen-bond acceptors (Lipinski definition) is 3. The number of nitrogens with one attached hydrogen (secondary N) is 2. The van der Waals surface area contributed by atoms with Gasteiger partial charge in [0.05, 0.1) is 0 Å². The van der Waals surface area contributed by atoms with E-state index in [4.69, 9.17) is 5.11 Å². The van der Waals surface area contributed by atoms with Crippen molar-refractivity contribution in [2.24, 2.45) is 0 Å². The highest BCUT2D eigenvalue weighted by atomic mass is 16.4. The van der Waals surface area contributed by atoms with E-state index >= 15 is 0 Å². The van der Waals surface area contributed by atoms with Crippen molar-refractivity contribution in [2.45, 2.75) is 6.92 Å². The molecule has 0 bridgehead atoms. The van der Waals surface area contributed by atoms with Crippen LogP contribution < -0.4 is 10.6 Å². The molecule has 0 spiro atoms.